The van der Waals surface area contributed by atoms with Crippen LogP contribution in [-0.4, -0.2) is 20.6 Å². The molecule has 0 saturated heterocycles. The molecule has 1 amide bonds. The Hall–Kier alpha value is -0.820. The van der Waals surface area contributed by atoms with E-state index >= 15 is 0 Å². The first kappa shape index (κ1) is 10.3. The molecule has 0 fully saturated rings. The summed E-state index contributed by atoms with van der Waals surface area (Å²) >= 11 is 2.98. The van der Waals surface area contributed by atoms with Gasteiger partial charge in [0, 0.05) is 6.07 Å². The van der Waals surface area contributed by atoms with Gasteiger partial charge in [0.2, 0.25) is 10.0 Å². The van der Waals surface area contributed by atoms with Crippen LogP contribution in [0.2, 0.25) is 0 Å². The van der Waals surface area contributed by atoms with Crippen LogP contribution in [0, 0.1) is 0 Å². The number of amides is 1. The molecular formula is C6H6BrNO4S. The van der Waals surface area contributed by atoms with Crippen molar-refractivity contribution in [3.8, 4) is 0 Å². The number of nitrogens with one attached hydrogen (secondary N) is 1. The zero-order valence-corrected chi connectivity index (χ0v) is 8.98. The molecule has 5 nitrogen and oxygen atoms in total. The maximum absolute atomic E-state index is 11.1. The highest BCUT2D eigenvalue weighted by Gasteiger charge is 2.12. The molecule has 0 spiro atoms. The van der Waals surface area contributed by atoms with Gasteiger partial charge in [-0.2, -0.15) is 0 Å². The second kappa shape index (κ2) is 3.51. The van der Waals surface area contributed by atoms with Gasteiger partial charge in [0.15, 0.2) is 4.67 Å². The molecule has 0 atom stereocenters. The molecular weight excluding hydrogens is 262 g/mol. The van der Waals surface area contributed by atoms with Crippen LogP contribution in [0.5, 0.6) is 0 Å². The summed E-state index contributed by atoms with van der Waals surface area (Å²) in [7, 11) is -3.52. The highest BCUT2D eigenvalue weighted by Crippen LogP contribution is 2.13. The Morgan fingerprint density at radius 1 is 1.62 bits per heavy atom. The molecule has 1 heterocycles. The predicted molar refractivity (Wildman–Crippen MR) is 48.7 cm³/mol. The summed E-state index contributed by atoms with van der Waals surface area (Å²) in [5, 5.41) is 0. The van der Waals surface area contributed by atoms with E-state index in [1.54, 1.807) is 4.72 Å². The Morgan fingerprint density at radius 3 is 2.62 bits per heavy atom. The Morgan fingerprint density at radius 2 is 2.23 bits per heavy atom. The van der Waals surface area contributed by atoms with Gasteiger partial charge in [-0.3, -0.25) is 4.79 Å². The van der Waals surface area contributed by atoms with E-state index < -0.39 is 15.9 Å². The first-order chi connectivity index (χ1) is 5.88. The molecule has 72 valence electrons. The maximum atomic E-state index is 11.1. The quantitative estimate of drug-likeness (QED) is 0.857. The molecule has 1 aromatic rings. The second-order valence-corrected chi connectivity index (χ2v) is 4.87. The number of furan rings is 1. The number of hydrogen-bond acceptors (Lipinski definition) is 4. The monoisotopic (exact) mass is 267 g/mol. The van der Waals surface area contributed by atoms with Crippen LogP contribution in [0.1, 0.15) is 10.4 Å². The summed E-state index contributed by atoms with van der Waals surface area (Å²) in [4.78, 5) is 11.1. The van der Waals surface area contributed by atoms with Crippen LogP contribution in [0.25, 0.3) is 0 Å². The van der Waals surface area contributed by atoms with Gasteiger partial charge in [-0.1, -0.05) is 0 Å². The van der Waals surface area contributed by atoms with E-state index in [1.165, 1.54) is 6.07 Å². The van der Waals surface area contributed by atoms with Crippen molar-refractivity contribution in [2.75, 3.05) is 6.26 Å². The summed E-state index contributed by atoms with van der Waals surface area (Å²) in [6.07, 6.45) is 2.06. The van der Waals surface area contributed by atoms with Gasteiger partial charge in [0.1, 0.15) is 6.26 Å². The lowest BCUT2D eigenvalue weighted by Gasteiger charge is -1.97. The zero-order chi connectivity index (χ0) is 10.1. The van der Waals surface area contributed by atoms with Crippen LogP contribution >= 0.6 is 15.9 Å². The second-order valence-electron chi connectivity index (χ2n) is 2.34. The Balaban J connectivity index is 2.81. The topological polar surface area (TPSA) is 76.4 Å². The molecule has 1 aromatic heterocycles. The highest BCUT2D eigenvalue weighted by molar-refractivity contribution is 9.10. The van der Waals surface area contributed by atoms with Crippen LogP contribution < -0.4 is 4.72 Å². The van der Waals surface area contributed by atoms with Crippen molar-refractivity contribution in [1.29, 1.82) is 0 Å². The van der Waals surface area contributed by atoms with E-state index in [0.717, 1.165) is 12.5 Å². The molecule has 7 heteroatoms. The number of sulfonamides is 1. The predicted octanol–water partition coefficient (Wildman–Crippen LogP) is 0.732. The normalized spacial score (nSPS) is 11.2. The molecule has 0 radical (unpaired) electrons. The van der Waals surface area contributed by atoms with Crippen molar-refractivity contribution < 1.29 is 17.6 Å². The summed E-state index contributed by atoms with van der Waals surface area (Å²) < 4.78 is 28.2. The number of carbonyl (C=O) groups excluding carboxylic acids is 1. The lowest BCUT2D eigenvalue weighted by atomic mass is 10.3. The van der Waals surface area contributed by atoms with Crippen molar-refractivity contribution in [3.05, 3.63) is 22.6 Å². The summed E-state index contributed by atoms with van der Waals surface area (Å²) in [5.74, 6) is -0.711. The fourth-order valence-electron chi connectivity index (χ4n) is 0.656. The molecule has 0 aliphatic carbocycles. The van der Waals surface area contributed by atoms with Crippen molar-refractivity contribution in [3.63, 3.8) is 0 Å². The third-order valence-corrected chi connectivity index (χ3v) is 2.08. The fraction of sp³-hybridized carbons (Fsp3) is 0.167. The van der Waals surface area contributed by atoms with E-state index in [4.69, 9.17) is 4.42 Å². The Bertz CT molecular complexity index is 422. The average Bonchev–Trinajstić information content (AvgIpc) is 2.31. The van der Waals surface area contributed by atoms with Crippen molar-refractivity contribution in [1.82, 2.24) is 4.72 Å². The fourth-order valence-corrected chi connectivity index (χ4v) is 1.45. The summed E-state index contributed by atoms with van der Waals surface area (Å²) in [6, 6.07) is 1.38. The molecule has 13 heavy (non-hydrogen) atoms. The van der Waals surface area contributed by atoms with Gasteiger partial charge in [0.25, 0.3) is 5.91 Å². The van der Waals surface area contributed by atoms with Gasteiger partial charge in [0.05, 0.1) is 11.8 Å². The minimum Gasteiger partial charge on any atom is -0.457 e. The molecule has 1 N–H and O–H groups in total. The lowest BCUT2D eigenvalue weighted by molar-refractivity contribution is 0.0981. The molecule has 1 rings (SSSR count). The van der Waals surface area contributed by atoms with Crippen molar-refractivity contribution in [2.24, 2.45) is 0 Å². The Kier molecular flexibility index (Phi) is 2.77. The number of carbonyl (C=O) groups is 1. The largest absolute Gasteiger partial charge is 0.457 e. The number of halogens is 1. The Labute approximate surface area is 83.3 Å². The minimum absolute atomic E-state index is 0.150. The number of hydrogen-bond donors (Lipinski definition) is 1. The van der Waals surface area contributed by atoms with E-state index in [2.05, 4.69) is 15.9 Å². The highest BCUT2D eigenvalue weighted by atomic mass is 79.9. The average molecular weight is 268 g/mol. The minimum atomic E-state index is -3.52. The van der Waals surface area contributed by atoms with Gasteiger partial charge in [-0.05, 0) is 15.9 Å². The third kappa shape index (κ3) is 3.19. The van der Waals surface area contributed by atoms with Crippen LogP contribution in [0.15, 0.2) is 21.4 Å². The number of rotatable bonds is 2. The molecule has 0 bridgehead atoms. The first-order valence-electron chi connectivity index (χ1n) is 3.14. The molecule has 0 aromatic carbocycles. The van der Waals surface area contributed by atoms with Crippen LogP contribution in [-0.2, 0) is 10.0 Å². The van der Waals surface area contributed by atoms with Crippen molar-refractivity contribution in [2.45, 2.75) is 0 Å². The SMILES string of the molecule is CS(=O)(=O)NC(=O)c1coc(Br)c1. The van der Waals surface area contributed by atoms with E-state index in [1.807, 2.05) is 0 Å². The molecule has 0 aliphatic heterocycles. The van der Waals surface area contributed by atoms with Crippen molar-refractivity contribution >= 4 is 31.9 Å². The van der Waals surface area contributed by atoms with E-state index in [-0.39, 0.29) is 5.56 Å². The van der Waals surface area contributed by atoms with Gasteiger partial charge >= 0.3 is 0 Å². The van der Waals surface area contributed by atoms with E-state index in [0.29, 0.717) is 4.67 Å². The zero-order valence-electron chi connectivity index (χ0n) is 6.57. The first-order valence-corrected chi connectivity index (χ1v) is 5.83. The van der Waals surface area contributed by atoms with Gasteiger partial charge in [-0.15, -0.1) is 0 Å². The summed E-state index contributed by atoms with van der Waals surface area (Å²) in [6.45, 7) is 0. The smallest absolute Gasteiger partial charge is 0.268 e. The third-order valence-electron chi connectivity index (χ3n) is 1.11. The maximum Gasteiger partial charge on any atom is 0.268 e. The lowest BCUT2D eigenvalue weighted by Crippen LogP contribution is -2.28. The van der Waals surface area contributed by atoms with Crippen LogP contribution in [0.3, 0.4) is 0 Å². The molecule has 0 saturated carbocycles. The molecule has 0 aliphatic rings. The molecule has 0 unspecified atom stereocenters. The van der Waals surface area contributed by atoms with Gasteiger partial charge in [-0.25, -0.2) is 13.1 Å². The van der Waals surface area contributed by atoms with Crippen LogP contribution in [0.4, 0.5) is 0 Å². The van der Waals surface area contributed by atoms with Gasteiger partial charge < -0.3 is 4.42 Å². The standard InChI is InChI=1S/C6H6BrNO4S/c1-13(10,11)8-6(9)4-2-5(7)12-3-4/h2-3H,1H3,(H,8,9). The summed E-state index contributed by atoms with van der Waals surface area (Å²) in [5.41, 5.74) is 0.150. The van der Waals surface area contributed by atoms with E-state index in [9.17, 15) is 13.2 Å².